The fourth-order valence-corrected chi connectivity index (χ4v) is 3.90. The van der Waals surface area contributed by atoms with Crippen LogP contribution < -0.4 is 0 Å². The van der Waals surface area contributed by atoms with Crippen molar-refractivity contribution in [3.8, 4) is 0 Å². The molecule has 0 N–H and O–H groups in total. The minimum absolute atomic E-state index is 0.264. The molecule has 0 atom stereocenters. The van der Waals surface area contributed by atoms with Gasteiger partial charge in [0.15, 0.2) is 0 Å². The molecule has 0 aliphatic carbocycles. The lowest BCUT2D eigenvalue weighted by Gasteiger charge is -2.34. The number of rotatable bonds is 6. The summed E-state index contributed by atoms with van der Waals surface area (Å²) in [5.74, 6) is 2.00. The summed E-state index contributed by atoms with van der Waals surface area (Å²) in [7, 11) is 0. The van der Waals surface area contributed by atoms with Gasteiger partial charge in [-0.25, -0.2) is 0 Å². The third-order valence-electron chi connectivity index (χ3n) is 4.62. The largest absolute Gasteiger partial charge is 0.361 e. The maximum Gasteiger partial charge on any atom is 0.223 e. The number of aromatic nitrogens is 1. The molecule has 1 amide bonds. The van der Waals surface area contributed by atoms with E-state index < -0.39 is 0 Å². The lowest BCUT2D eigenvalue weighted by molar-refractivity contribution is -0.132. The van der Waals surface area contributed by atoms with Crippen molar-refractivity contribution in [2.45, 2.75) is 31.7 Å². The van der Waals surface area contributed by atoms with E-state index in [9.17, 15) is 4.79 Å². The number of benzene rings is 1. The average Bonchev–Trinajstić information content (AvgIpc) is 2.95. The number of carbonyl (C=O) groups excluding carboxylic acids is 1. The van der Waals surface area contributed by atoms with Gasteiger partial charge < -0.3 is 9.42 Å². The Bertz CT molecular complexity index is 674. The second kappa shape index (κ2) is 8.54. The second-order valence-corrected chi connectivity index (χ2v) is 7.54. The predicted molar refractivity (Wildman–Crippen MR) is 99.6 cm³/mol. The van der Waals surface area contributed by atoms with E-state index in [1.54, 1.807) is 11.8 Å². The Balaban J connectivity index is 1.40. The molecule has 6 heteroatoms. The minimum Gasteiger partial charge on any atom is -0.361 e. The van der Waals surface area contributed by atoms with Gasteiger partial charge >= 0.3 is 0 Å². The summed E-state index contributed by atoms with van der Waals surface area (Å²) in [4.78, 5) is 18.0. The van der Waals surface area contributed by atoms with Crippen molar-refractivity contribution in [3.05, 3.63) is 47.3 Å². The zero-order chi connectivity index (χ0) is 17.6. The van der Waals surface area contributed by atoms with Gasteiger partial charge in [0.05, 0.1) is 5.69 Å². The summed E-state index contributed by atoms with van der Waals surface area (Å²) in [6, 6.07) is 10.2. The molecule has 0 unspecified atom stereocenters. The van der Waals surface area contributed by atoms with Crippen LogP contribution in [0, 0.1) is 13.8 Å². The third kappa shape index (κ3) is 4.86. The molecule has 2 aromatic rings. The van der Waals surface area contributed by atoms with Crippen LogP contribution in [0.2, 0.25) is 0 Å². The Hall–Kier alpha value is -1.79. The first-order valence-corrected chi connectivity index (χ1v) is 9.72. The SMILES string of the molecule is Cc1noc(C)c1CN1CCN(C(=O)CCSc2ccccc2)CC1. The zero-order valence-electron chi connectivity index (χ0n) is 14.9. The maximum atomic E-state index is 12.4. The molecule has 1 saturated heterocycles. The molecule has 134 valence electrons. The lowest BCUT2D eigenvalue weighted by Crippen LogP contribution is -2.48. The molecule has 25 heavy (non-hydrogen) atoms. The summed E-state index contributed by atoms with van der Waals surface area (Å²) in [5, 5.41) is 4.02. The van der Waals surface area contributed by atoms with Crippen LogP contribution in [0.5, 0.6) is 0 Å². The number of aryl methyl sites for hydroxylation is 2. The van der Waals surface area contributed by atoms with Crippen molar-refractivity contribution in [1.82, 2.24) is 15.0 Å². The highest BCUT2D eigenvalue weighted by Gasteiger charge is 2.22. The predicted octanol–water partition coefficient (Wildman–Crippen LogP) is 3.12. The average molecular weight is 359 g/mol. The topological polar surface area (TPSA) is 49.6 Å². The molecule has 3 rings (SSSR count). The normalized spacial score (nSPS) is 15.5. The highest BCUT2D eigenvalue weighted by molar-refractivity contribution is 7.99. The van der Waals surface area contributed by atoms with Crippen LogP contribution in [0.15, 0.2) is 39.8 Å². The Morgan fingerprint density at radius 1 is 1.16 bits per heavy atom. The van der Waals surface area contributed by atoms with Gasteiger partial charge in [-0.1, -0.05) is 23.4 Å². The maximum absolute atomic E-state index is 12.4. The van der Waals surface area contributed by atoms with E-state index in [1.165, 1.54) is 10.5 Å². The van der Waals surface area contributed by atoms with E-state index in [1.807, 2.05) is 36.9 Å². The Labute approximate surface area is 153 Å². The molecule has 1 aliphatic rings. The van der Waals surface area contributed by atoms with Gasteiger partial charge in [-0.05, 0) is 26.0 Å². The lowest BCUT2D eigenvalue weighted by atomic mass is 10.1. The molecular formula is C19H25N3O2S. The van der Waals surface area contributed by atoms with Crippen molar-refractivity contribution in [1.29, 1.82) is 0 Å². The zero-order valence-corrected chi connectivity index (χ0v) is 15.7. The molecule has 1 fully saturated rings. The minimum atomic E-state index is 0.264. The molecule has 5 nitrogen and oxygen atoms in total. The number of amides is 1. The van der Waals surface area contributed by atoms with Crippen LogP contribution in [0.4, 0.5) is 0 Å². The van der Waals surface area contributed by atoms with Gasteiger partial charge in [-0.2, -0.15) is 0 Å². The molecule has 1 aromatic heterocycles. The van der Waals surface area contributed by atoms with Crippen molar-refractivity contribution < 1.29 is 9.32 Å². The first-order valence-electron chi connectivity index (χ1n) is 8.73. The molecule has 0 bridgehead atoms. The van der Waals surface area contributed by atoms with Gasteiger partial charge in [-0.3, -0.25) is 9.69 Å². The monoisotopic (exact) mass is 359 g/mol. The fourth-order valence-electron chi connectivity index (χ4n) is 3.04. The van der Waals surface area contributed by atoms with Crippen molar-refractivity contribution >= 4 is 17.7 Å². The number of hydrogen-bond donors (Lipinski definition) is 0. The fraction of sp³-hybridized carbons (Fsp3) is 0.474. The highest BCUT2D eigenvalue weighted by Crippen LogP contribution is 2.19. The Morgan fingerprint density at radius 2 is 1.88 bits per heavy atom. The summed E-state index contributed by atoms with van der Waals surface area (Å²) in [6.07, 6.45) is 0.601. The standard InChI is InChI=1S/C19H25N3O2S/c1-15-18(16(2)24-20-15)14-21-9-11-22(12-10-21)19(23)8-13-25-17-6-4-3-5-7-17/h3-7H,8-14H2,1-2H3. The van der Waals surface area contributed by atoms with Crippen molar-refractivity contribution in [3.63, 3.8) is 0 Å². The van der Waals surface area contributed by atoms with Crippen molar-refractivity contribution in [2.75, 3.05) is 31.9 Å². The number of thioether (sulfide) groups is 1. The molecule has 0 saturated carbocycles. The smallest absolute Gasteiger partial charge is 0.223 e. The summed E-state index contributed by atoms with van der Waals surface area (Å²) >= 11 is 1.74. The van der Waals surface area contributed by atoms with Gasteiger partial charge in [0.2, 0.25) is 5.91 Å². The number of nitrogens with zero attached hydrogens (tertiary/aromatic N) is 3. The summed E-state index contributed by atoms with van der Waals surface area (Å²) in [5.41, 5.74) is 2.15. The Morgan fingerprint density at radius 3 is 2.52 bits per heavy atom. The molecule has 0 spiro atoms. The van der Waals surface area contributed by atoms with Crippen LogP contribution >= 0.6 is 11.8 Å². The third-order valence-corrected chi connectivity index (χ3v) is 5.63. The van der Waals surface area contributed by atoms with Crippen molar-refractivity contribution in [2.24, 2.45) is 0 Å². The van der Waals surface area contributed by atoms with E-state index in [0.29, 0.717) is 6.42 Å². The number of piperazine rings is 1. The number of hydrogen-bond acceptors (Lipinski definition) is 5. The first kappa shape index (κ1) is 18.0. The van der Waals surface area contributed by atoms with E-state index in [-0.39, 0.29) is 5.91 Å². The second-order valence-electron chi connectivity index (χ2n) is 6.37. The van der Waals surface area contributed by atoms with Crippen LogP contribution in [0.3, 0.4) is 0 Å². The number of carbonyl (C=O) groups is 1. The van der Waals surface area contributed by atoms with Gasteiger partial charge in [-0.15, -0.1) is 11.8 Å². The van der Waals surface area contributed by atoms with Gasteiger partial charge in [0.1, 0.15) is 5.76 Å². The first-order chi connectivity index (χ1) is 12.1. The van der Waals surface area contributed by atoms with E-state index in [0.717, 1.165) is 49.9 Å². The van der Waals surface area contributed by atoms with Crippen LogP contribution in [0.1, 0.15) is 23.4 Å². The highest BCUT2D eigenvalue weighted by atomic mass is 32.2. The van der Waals surface area contributed by atoms with Gasteiger partial charge in [0.25, 0.3) is 0 Å². The molecule has 1 aliphatic heterocycles. The van der Waals surface area contributed by atoms with Crippen LogP contribution in [-0.4, -0.2) is 52.8 Å². The quantitative estimate of drug-likeness (QED) is 0.742. The van der Waals surface area contributed by atoms with E-state index >= 15 is 0 Å². The van der Waals surface area contributed by atoms with E-state index in [2.05, 4.69) is 22.2 Å². The Kier molecular flexibility index (Phi) is 6.15. The van der Waals surface area contributed by atoms with Crippen LogP contribution in [0.25, 0.3) is 0 Å². The molecule has 2 heterocycles. The van der Waals surface area contributed by atoms with Gasteiger partial charge in [0, 0.05) is 55.4 Å². The molecular weight excluding hydrogens is 334 g/mol. The summed E-state index contributed by atoms with van der Waals surface area (Å²) in [6.45, 7) is 8.21. The van der Waals surface area contributed by atoms with Crippen LogP contribution in [-0.2, 0) is 11.3 Å². The molecule has 0 radical (unpaired) electrons. The van der Waals surface area contributed by atoms with E-state index in [4.69, 9.17) is 4.52 Å². The molecule has 1 aromatic carbocycles. The summed E-state index contributed by atoms with van der Waals surface area (Å²) < 4.78 is 5.23.